The number of benzene rings is 1. The largest absolute Gasteiger partial charge is 0.490 e. The Kier molecular flexibility index (Phi) is 6.70. The van der Waals surface area contributed by atoms with Crippen LogP contribution in [0.4, 0.5) is 0 Å². The van der Waals surface area contributed by atoms with E-state index in [0.717, 1.165) is 13.0 Å². The van der Waals surface area contributed by atoms with Crippen LogP contribution in [-0.4, -0.2) is 33.3 Å². The number of halogens is 2. The fourth-order valence-corrected chi connectivity index (χ4v) is 3.01. The highest BCUT2D eigenvalue weighted by Crippen LogP contribution is 2.40. The molecule has 2 aromatic rings. The molecule has 0 bridgehead atoms. The Balaban J connectivity index is 2.50. The van der Waals surface area contributed by atoms with Crippen molar-refractivity contribution in [2.75, 3.05) is 27.3 Å². The van der Waals surface area contributed by atoms with Gasteiger partial charge in [0.15, 0.2) is 11.3 Å². The van der Waals surface area contributed by atoms with E-state index < -0.39 is 11.6 Å². The van der Waals surface area contributed by atoms with E-state index in [1.165, 1.54) is 7.11 Å². The van der Waals surface area contributed by atoms with Gasteiger partial charge in [0.25, 0.3) is 0 Å². The minimum Gasteiger partial charge on any atom is -0.490 e. The smallest absolute Gasteiger partial charge is 0.340 e. The monoisotopic (exact) mass is 387 g/mol. The molecule has 25 heavy (non-hydrogen) atoms. The van der Waals surface area contributed by atoms with Crippen LogP contribution in [0.2, 0.25) is 10.0 Å². The Bertz CT molecular complexity index is 847. The van der Waals surface area contributed by atoms with Gasteiger partial charge in [-0.05, 0) is 38.6 Å². The van der Waals surface area contributed by atoms with Crippen molar-refractivity contribution < 1.29 is 18.7 Å². The van der Waals surface area contributed by atoms with Crippen LogP contribution in [0.5, 0.6) is 5.75 Å². The first-order valence-corrected chi connectivity index (χ1v) is 8.44. The molecular weight excluding hydrogens is 369 g/mol. The van der Waals surface area contributed by atoms with Crippen LogP contribution in [0.3, 0.4) is 0 Å². The fraction of sp³-hybridized carbons (Fsp3) is 0.412. The molecule has 0 unspecified atom stereocenters. The Morgan fingerprint density at radius 3 is 2.72 bits per heavy atom. The first kappa shape index (κ1) is 19.6. The molecule has 1 N–H and O–H groups in total. The summed E-state index contributed by atoms with van der Waals surface area (Å²) in [4.78, 5) is 23.7. The molecule has 0 amide bonds. The quantitative estimate of drug-likeness (QED) is 0.446. The second-order valence-electron chi connectivity index (χ2n) is 5.43. The lowest BCUT2D eigenvalue weighted by Gasteiger charge is -2.13. The lowest BCUT2D eigenvalue weighted by atomic mass is 10.0. The summed E-state index contributed by atoms with van der Waals surface area (Å²) in [7, 11) is 3.10. The molecule has 1 heterocycles. The normalized spacial score (nSPS) is 10.9. The van der Waals surface area contributed by atoms with Crippen LogP contribution in [0, 0.1) is 6.92 Å². The molecule has 0 saturated carbocycles. The Hall–Kier alpha value is -1.76. The minimum atomic E-state index is -0.638. The van der Waals surface area contributed by atoms with E-state index in [-0.39, 0.29) is 28.3 Å². The second kappa shape index (κ2) is 8.56. The van der Waals surface area contributed by atoms with Crippen molar-refractivity contribution in [3.8, 4) is 5.75 Å². The van der Waals surface area contributed by atoms with Crippen LogP contribution >= 0.6 is 23.2 Å². The summed E-state index contributed by atoms with van der Waals surface area (Å²) in [5.74, 6) is -0.258. The Morgan fingerprint density at radius 1 is 1.36 bits per heavy atom. The van der Waals surface area contributed by atoms with Crippen molar-refractivity contribution in [3.63, 3.8) is 0 Å². The Labute approximate surface area is 155 Å². The molecule has 0 aliphatic rings. The molecule has 1 aromatic heterocycles. The van der Waals surface area contributed by atoms with Crippen LogP contribution in [-0.2, 0) is 16.0 Å². The number of nitrogens with one attached hydrogen (secondary N) is 1. The van der Waals surface area contributed by atoms with Gasteiger partial charge in [0.05, 0.1) is 30.7 Å². The molecule has 2 rings (SSSR count). The molecule has 0 aliphatic carbocycles. The molecule has 0 aliphatic heterocycles. The van der Waals surface area contributed by atoms with E-state index in [1.807, 2.05) is 7.05 Å². The zero-order chi connectivity index (χ0) is 18.6. The highest BCUT2D eigenvalue weighted by molar-refractivity contribution is 6.40. The second-order valence-corrected chi connectivity index (χ2v) is 6.21. The molecule has 0 fully saturated rings. The van der Waals surface area contributed by atoms with Gasteiger partial charge < -0.3 is 19.2 Å². The number of hydrogen-bond donors (Lipinski definition) is 1. The fourth-order valence-electron chi connectivity index (χ4n) is 2.41. The minimum absolute atomic E-state index is 0.136. The maximum atomic E-state index is 12.2. The zero-order valence-corrected chi connectivity index (χ0v) is 15.7. The molecule has 0 saturated heterocycles. The van der Waals surface area contributed by atoms with E-state index in [2.05, 4.69) is 10.1 Å². The van der Waals surface area contributed by atoms with Crippen LogP contribution < -0.4 is 15.7 Å². The van der Waals surface area contributed by atoms with Gasteiger partial charge in [-0.2, -0.15) is 0 Å². The highest BCUT2D eigenvalue weighted by Gasteiger charge is 2.20. The van der Waals surface area contributed by atoms with Gasteiger partial charge in [-0.1, -0.05) is 23.2 Å². The average Bonchev–Trinajstić information content (AvgIpc) is 2.59. The predicted octanol–water partition coefficient (Wildman–Crippen LogP) is 3.11. The Morgan fingerprint density at radius 2 is 2.08 bits per heavy atom. The molecule has 0 spiro atoms. The lowest BCUT2D eigenvalue weighted by Crippen LogP contribution is -2.16. The van der Waals surface area contributed by atoms with Gasteiger partial charge in [0.2, 0.25) is 0 Å². The van der Waals surface area contributed by atoms with E-state index in [9.17, 15) is 9.59 Å². The average molecular weight is 388 g/mol. The third-order valence-electron chi connectivity index (χ3n) is 3.80. The van der Waals surface area contributed by atoms with Gasteiger partial charge in [0, 0.05) is 5.39 Å². The lowest BCUT2D eigenvalue weighted by molar-refractivity contribution is -0.139. The maximum Gasteiger partial charge on any atom is 0.340 e. The van der Waals surface area contributed by atoms with Gasteiger partial charge in [-0.25, -0.2) is 4.79 Å². The number of carbonyl (C=O) groups is 1. The molecule has 136 valence electrons. The van der Waals surface area contributed by atoms with E-state index in [0.29, 0.717) is 22.6 Å². The van der Waals surface area contributed by atoms with E-state index in [4.69, 9.17) is 32.4 Å². The predicted molar refractivity (Wildman–Crippen MR) is 97.0 cm³/mol. The number of rotatable bonds is 7. The number of fused-ring (bicyclic) bond motifs is 1. The van der Waals surface area contributed by atoms with E-state index in [1.54, 1.807) is 13.0 Å². The number of carbonyl (C=O) groups excluding carboxylic acids is 1. The van der Waals surface area contributed by atoms with Crippen molar-refractivity contribution in [2.24, 2.45) is 0 Å². The topological polar surface area (TPSA) is 77.8 Å². The third kappa shape index (κ3) is 4.26. The summed E-state index contributed by atoms with van der Waals surface area (Å²) in [6.45, 7) is 2.90. The SMILES string of the molecule is CNCCCOc1c(Cl)cc2c(C)c(CC(=O)OC)c(=O)oc2c1Cl. The first-order valence-electron chi connectivity index (χ1n) is 7.69. The number of methoxy groups -OCH3 is 1. The van der Waals surface area contributed by atoms with Crippen molar-refractivity contribution in [3.05, 3.63) is 37.7 Å². The van der Waals surface area contributed by atoms with Crippen molar-refractivity contribution in [1.82, 2.24) is 5.32 Å². The standard InChI is InChI=1S/C17H19Cl2NO5/c1-9-10-7-12(18)16(24-6-4-5-20-2)14(19)15(10)25-17(22)11(9)8-13(21)23-3/h7,20H,4-6,8H2,1-3H3. The van der Waals surface area contributed by atoms with Gasteiger partial charge >= 0.3 is 11.6 Å². The molecule has 1 aromatic carbocycles. The molecular formula is C17H19Cl2NO5. The summed E-state index contributed by atoms with van der Waals surface area (Å²) < 4.78 is 15.6. The summed E-state index contributed by atoms with van der Waals surface area (Å²) in [6, 6.07) is 1.62. The zero-order valence-electron chi connectivity index (χ0n) is 14.2. The van der Waals surface area contributed by atoms with E-state index >= 15 is 0 Å². The summed E-state index contributed by atoms with van der Waals surface area (Å²) in [5.41, 5.74) is 0.336. The summed E-state index contributed by atoms with van der Waals surface area (Å²) >= 11 is 12.6. The van der Waals surface area contributed by atoms with Gasteiger partial charge in [-0.3, -0.25) is 4.79 Å². The number of hydrogen-bond acceptors (Lipinski definition) is 6. The molecule has 6 nitrogen and oxygen atoms in total. The van der Waals surface area contributed by atoms with Crippen LogP contribution in [0.15, 0.2) is 15.3 Å². The van der Waals surface area contributed by atoms with Gasteiger partial charge in [0.1, 0.15) is 5.02 Å². The molecule has 0 atom stereocenters. The number of esters is 1. The third-order valence-corrected chi connectivity index (χ3v) is 4.42. The molecule has 0 radical (unpaired) electrons. The van der Waals surface area contributed by atoms with Crippen molar-refractivity contribution in [1.29, 1.82) is 0 Å². The highest BCUT2D eigenvalue weighted by atomic mass is 35.5. The van der Waals surface area contributed by atoms with Crippen molar-refractivity contribution in [2.45, 2.75) is 19.8 Å². The number of ether oxygens (including phenoxy) is 2. The van der Waals surface area contributed by atoms with Crippen LogP contribution in [0.25, 0.3) is 11.0 Å². The maximum absolute atomic E-state index is 12.2. The summed E-state index contributed by atoms with van der Waals surface area (Å²) in [6.07, 6.45) is 0.584. The van der Waals surface area contributed by atoms with Crippen molar-refractivity contribution >= 4 is 40.1 Å². The van der Waals surface area contributed by atoms with Crippen LogP contribution in [0.1, 0.15) is 17.5 Å². The number of aryl methyl sites for hydroxylation is 1. The molecule has 8 heteroatoms. The summed E-state index contributed by atoms with van der Waals surface area (Å²) in [5, 5.41) is 4.01. The van der Waals surface area contributed by atoms with Gasteiger partial charge in [-0.15, -0.1) is 0 Å². The first-order chi connectivity index (χ1) is 11.9.